The molecule has 90 heavy (non-hydrogen) atoms. The summed E-state index contributed by atoms with van der Waals surface area (Å²) in [5.41, 5.74) is 5.74. The SMILES string of the molecule is Cc1cc(SCC2=C(C(=O)OC(c3ccccc3)c3ccccc3)N3C(=O)[C@@H](NC(=O)/C(=N\OC(=S)CCC#N)c4csc(NC(c5ccccc5)(c5ccccc5)c5ccccc5)n4)[C@H]3SC2)n2nc(C(=O)OC(c3ccccc3)c3ccccc3)nc2n1. The van der Waals surface area contributed by atoms with Gasteiger partial charge in [0.1, 0.15) is 33.4 Å². The minimum absolute atomic E-state index is 0.0189. The first-order valence-corrected chi connectivity index (χ1v) is 31.9. The van der Waals surface area contributed by atoms with Crippen molar-refractivity contribution in [2.45, 2.75) is 54.0 Å². The molecule has 5 heterocycles. The van der Waals surface area contributed by atoms with Crippen LogP contribution in [0.25, 0.3) is 5.78 Å². The molecule has 12 rings (SSSR count). The van der Waals surface area contributed by atoms with Crippen LogP contribution in [-0.2, 0) is 34.2 Å². The van der Waals surface area contributed by atoms with Gasteiger partial charge in [-0.05, 0) is 69.7 Å². The van der Waals surface area contributed by atoms with E-state index in [-0.39, 0.29) is 58.1 Å². The number of carbonyl (C=O) groups excluding carboxylic acids is 4. The Labute approximate surface area is 535 Å². The molecule has 1 fully saturated rings. The van der Waals surface area contributed by atoms with Gasteiger partial charge in [0.25, 0.3) is 23.4 Å². The van der Waals surface area contributed by atoms with Gasteiger partial charge in [0.2, 0.25) is 0 Å². The Morgan fingerprint density at radius 2 is 1.22 bits per heavy atom. The van der Waals surface area contributed by atoms with Gasteiger partial charge in [-0.3, -0.25) is 14.5 Å². The summed E-state index contributed by atoms with van der Waals surface area (Å²) in [6.07, 6.45) is -1.49. The smallest absolute Gasteiger partial charge is 0.379 e. The van der Waals surface area contributed by atoms with Crippen LogP contribution in [-0.4, -0.2) is 86.9 Å². The molecular formula is C69H54N10O7S4. The fraction of sp³-hybridized carbons (Fsp3) is 0.145. The Hall–Kier alpha value is -10.1. The molecule has 2 N–H and O–H groups in total. The van der Waals surface area contributed by atoms with Crippen molar-refractivity contribution in [3.63, 3.8) is 0 Å². The van der Waals surface area contributed by atoms with Crippen molar-refractivity contribution in [1.82, 2.24) is 34.8 Å². The van der Waals surface area contributed by atoms with Crippen LogP contribution in [0, 0.1) is 18.3 Å². The van der Waals surface area contributed by atoms with E-state index in [1.54, 1.807) is 18.4 Å². The molecule has 446 valence electrons. The number of carbonyl (C=O) groups is 4. The first-order valence-electron chi connectivity index (χ1n) is 28.6. The highest BCUT2D eigenvalue weighted by Crippen LogP contribution is 2.44. The summed E-state index contributed by atoms with van der Waals surface area (Å²) in [7, 11) is 0. The standard InChI is InChI=1S/C69H54N10O7S4/c1-44-40-54(79-67(71-44)74-61(76-79)66(83)85-60(47-28-13-4-14-29-47)48-30-15-5-16-31-48)88-41-49-42-89-64-57(63(81)78(64)58(49)65(82)84-59(45-24-9-2-10-25-45)46-26-11-3-12-27-46)73-62(80)56(77-86-55(87)38-23-39-70)53-43-90-68(72-53)75-69(50-32-17-6-18-33-50,51-34-19-7-20-35-51)52-36-21-8-22-37-52/h2-22,24-37,40,43,57,59-60,64H,23,38,41-42H2,1H3,(H,72,75)(H,73,80)/b77-56-/t57-,64-/m1/s1. The third-order valence-electron chi connectivity index (χ3n) is 14.9. The summed E-state index contributed by atoms with van der Waals surface area (Å²) in [5, 5.41) is 26.6. The van der Waals surface area contributed by atoms with Crippen molar-refractivity contribution < 1.29 is 33.5 Å². The maximum absolute atomic E-state index is 15.2. The zero-order valence-corrected chi connectivity index (χ0v) is 51.3. The Kier molecular flexibility index (Phi) is 18.4. The minimum atomic E-state index is -1.16. The van der Waals surface area contributed by atoms with Gasteiger partial charge in [-0.1, -0.05) is 217 Å². The van der Waals surface area contributed by atoms with E-state index in [0.29, 0.717) is 32.6 Å². The molecule has 0 unspecified atom stereocenters. The molecular weight excluding hydrogens is 1210 g/mol. The molecule has 0 aliphatic carbocycles. The Balaban J connectivity index is 0.849. The average Bonchev–Trinajstić information content (AvgIpc) is 0.901. The number of anilines is 1. The first-order chi connectivity index (χ1) is 44.1. The Morgan fingerprint density at radius 3 is 1.73 bits per heavy atom. The summed E-state index contributed by atoms with van der Waals surface area (Å²) >= 11 is 9.32. The Bertz CT molecular complexity index is 4170. The van der Waals surface area contributed by atoms with Gasteiger partial charge >= 0.3 is 11.9 Å². The highest BCUT2D eigenvalue weighted by Gasteiger charge is 2.55. The fourth-order valence-corrected chi connectivity index (χ4v) is 14.1. The van der Waals surface area contributed by atoms with Crippen molar-refractivity contribution in [2.24, 2.45) is 5.16 Å². The van der Waals surface area contributed by atoms with Gasteiger partial charge < -0.3 is 24.9 Å². The molecule has 1 saturated heterocycles. The van der Waals surface area contributed by atoms with Crippen LogP contribution >= 0.6 is 47.1 Å². The number of β-lactam (4-membered cyclic amide) rings is 1. The lowest BCUT2D eigenvalue weighted by Gasteiger charge is -2.49. The van der Waals surface area contributed by atoms with Gasteiger partial charge in [-0.25, -0.2) is 19.6 Å². The minimum Gasteiger partial charge on any atom is -0.448 e. The fourth-order valence-electron chi connectivity index (χ4n) is 10.7. The van der Waals surface area contributed by atoms with E-state index in [1.807, 2.05) is 218 Å². The summed E-state index contributed by atoms with van der Waals surface area (Å²) in [4.78, 5) is 80.2. The normalized spacial score (nSPS) is 14.8. The van der Waals surface area contributed by atoms with E-state index in [2.05, 4.69) is 30.9 Å². The zero-order chi connectivity index (χ0) is 62.0. The maximum atomic E-state index is 15.2. The third-order valence-corrected chi connectivity index (χ3v) is 18.4. The number of thiazole rings is 1. The summed E-state index contributed by atoms with van der Waals surface area (Å²) in [6.45, 7) is 1.80. The lowest BCUT2D eigenvalue weighted by atomic mass is 9.77. The molecule has 0 bridgehead atoms. The van der Waals surface area contributed by atoms with E-state index in [9.17, 15) is 19.6 Å². The molecule has 2 aliphatic heterocycles. The molecule has 17 nitrogen and oxygen atoms in total. The number of hydrogen-bond acceptors (Lipinski definition) is 18. The molecule has 3 aromatic heterocycles. The van der Waals surface area contributed by atoms with Crippen LogP contribution in [0.3, 0.4) is 0 Å². The molecule has 21 heteroatoms. The number of nitrogens with one attached hydrogen (secondary N) is 2. The van der Waals surface area contributed by atoms with Gasteiger partial charge in [0.05, 0.1) is 6.07 Å². The van der Waals surface area contributed by atoms with Crippen LogP contribution < -0.4 is 10.6 Å². The van der Waals surface area contributed by atoms with E-state index in [1.165, 1.54) is 44.3 Å². The number of aryl methyl sites for hydroxylation is 1. The number of rotatable bonds is 22. The van der Waals surface area contributed by atoms with Gasteiger partial charge in [-0.2, -0.15) is 14.8 Å². The number of thiocarbonyl (C=S) groups is 1. The lowest BCUT2D eigenvalue weighted by molar-refractivity contribution is -0.154. The second kappa shape index (κ2) is 27.5. The highest BCUT2D eigenvalue weighted by atomic mass is 32.2. The van der Waals surface area contributed by atoms with Gasteiger partial charge in [-0.15, -0.1) is 40.0 Å². The van der Waals surface area contributed by atoms with Gasteiger partial charge in [0.15, 0.2) is 28.1 Å². The number of hydrogen-bond donors (Lipinski definition) is 2. The van der Waals surface area contributed by atoms with Crippen LogP contribution in [0.2, 0.25) is 0 Å². The number of benzene rings is 7. The van der Waals surface area contributed by atoms with Crippen molar-refractivity contribution in [3.8, 4) is 6.07 Å². The van der Waals surface area contributed by atoms with Crippen LogP contribution in [0.5, 0.6) is 0 Å². The number of nitriles is 1. The number of nitrogens with zero attached hydrogens (tertiary/aromatic N) is 8. The molecule has 0 saturated carbocycles. The maximum Gasteiger partial charge on any atom is 0.379 e. The molecule has 2 amide bonds. The number of amides is 2. The molecule has 0 spiro atoms. The van der Waals surface area contributed by atoms with E-state index in [0.717, 1.165) is 27.8 Å². The monoisotopic (exact) mass is 1260 g/mol. The molecule has 7 aromatic carbocycles. The van der Waals surface area contributed by atoms with Crippen molar-refractivity contribution in [3.05, 3.63) is 291 Å². The number of fused-ring (bicyclic) bond motifs is 2. The number of thioether (sulfide) groups is 2. The zero-order valence-electron chi connectivity index (χ0n) is 48.1. The molecule has 10 aromatic rings. The first kappa shape index (κ1) is 60.2. The van der Waals surface area contributed by atoms with Crippen molar-refractivity contribution in [1.29, 1.82) is 5.26 Å². The van der Waals surface area contributed by atoms with E-state index in [4.69, 9.17) is 31.5 Å². The third kappa shape index (κ3) is 12.9. The lowest BCUT2D eigenvalue weighted by Crippen LogP contribution is -2.71. The van der Waals surface area contributed by atoms with Crippen molar-refractivity contribution in [2.75, 3.05) is 16.8 Å². The van der Waals surface area contributed by atoms with Gasteiger partial charge in [0, 0.05) is 35.4 Å². The predicted octanol–water partition coefficient (Wildman–Crippen LogP) is 12.4. The van der Waals surface area contributed by atoms with E-state index >= 15 is 4.79 Å². The topological polar surface area (TPSA) is 215 Å². The number of ether oxygens (including phenoxy) is 2. The highest BCUT2D eigenvalue weighted by molar-refractivity contribution is 8.01. The number of oxime groups is 1. The molecule has 0 radical (unpaired) electrons. The summed E-state index contributed by atoms with van der Waals surface area (Å²) < 4.78 is 14.1. The second-order valence-corrected chi connectivity index (χ2v) is 24.2. The van der Waals surface area contributed by atoms with Crippen LogP contribution in [0.1, 0.15) is 86.0 Å². The number of esters is 2. The Morgan fingerprint density at radius 1 is 0.722 bits per heavy atom. The quantitative estimate of drug-likeness (QED) is 0.00943. The predicted molar refractivity (Wildman–Crippen MR) is 349 cm³/mol. The second-order valence-electron chi connectivity index (χ2n) is 20.8. The summed E-state index contributed by atoms with van der Waals surface area (Å²) in [6, 6.07) is 70.0. The number of aromatic nitrogens is 5. The molecule has 2 atom stereocenters. The summed E-state index contributed by atoms with van der Waals surface area (Å²) in [5.74, 6) is -2.59. The average molecular weight is 1260 g/mol. The van der Waals surface area contributed by atoms with Crippen LogP contribution in [0.4, 0.5) is 5.13 Å². The van der Waals surface area contributed by atoms with Crippen LogP contribution in [0.15, 0.2) is 245 Å². The largest absolute Gasteiger partial charge is 0.448 e. The molecule has 2 aliphatic rings. The van der Waals surface area contributed by atoms with E-state index < -0.39 is 52.9 Å². The van der Waals surface area contributed by atoms with Crippen molar-refractivity contribution >= 4 is 92.5 Å².